The van der Waals surface area contributed by atoms with Gasteiger partial charge >= 0.3 is 0 Å². The first kappa shape index (κ1) is 10.0. The summed E-state index contributed by atoms with van der Waals surface area (Å²) in [5.41, 5.74) is 0.418. The second-order valence-corrected chi connectivity index (χ2v) is 5.03. The van der Waals surface area contributed by atoms with Gasteiger partial charge in [-0.2, -0.15) is 0 Å². The molecule has 2 unspecified atom stereocenters. The SMILES string of the molecule is COC1CCCCC1C(C)(C)C. The number of ether oxygens (including phenoxy) is 1. The minimum Gasteiger partial charge on any atom is -0.381 e. The van der Waals surface area contributed by atoms with Crippen LogP contribution in [0.1, 0.15) is 46.5 Å². The molecule has 0 amide bonds. The lowest BCUT2D eigenvalue weighted by atomic mass is 9.71. The van der Waals surface area contributed by atoms with E-state index in [2.05, 4.69) is 20.8 Å². The summed E-state index contributed by atoms with van der Waals surface area (Å²) in [7, 11) is 1.86. The fraction of sp³-hybridized carbons (Fsp3) is 1.00. The van der Waals surface area contributed by atoms with Gasteiger partial charge in [-0.25, -0.2) is 0 Å². The fourth-order valence-corrected chi connectivity index (χ4v) is 2.37. The van der Waals surface area contributed by atoms with E-state index in [0.717, 1.165) is 5.92 Å². The van der Waals surface area contributed by atoms with E-state index in [0.29, 0.717) is 11.5 Å². The van der Waals surface area contributed by atoms with Gasteiger partial charge in [0.05, 0.1) is 6.10 Å². The lowest BCUT2D eigenvalue weighted by Crippen LogP contribution is -2.35. The number of methoxy groups -OCH3 is 1. The van der Waals surface area contributed by atoms with Gasteiger partial charge in [0.25, 0.3) is 0 Å². The third kappa shape index (κ3) is 2.22. The van der Waals surface area contributed by atoms with Gasteiger partial charge in [0, 0.05) is 7.11 Å². The lowest BCUT2D eigenvalue weighted by Gasteiger charge is -2.39. The largest absolute Gasteiger partial charge is 0.381 e. The van der Waals surface area contributed by atoms with Crippen molar-refractivity contribution in [3.05, 3.63) is 0 Å². The number of hydrogen-bond acceptors (Lipinski definition) is 1. The molecule has 0 aromatic rings. The zero-order valence-corrected chi connectivity index (χ0v) is 8.89. The highest BCUT2D eigenvalue weighted by molar-refractivity contribution is 4.84. The maximum Gasteiger partial charge on any atom is 0.0604 e. The molecule has 1 fully saturated rings. The van der Waals surface area contributed by atoms with E-state index < -0.39 is 0 Å². The maximum absolute atomic E-state index is 5.53. The second-order valence-electron chi connectivity index (χ2n) is 5.03. The standard InChI is InChI=1S/C11H22O/c1-11(2,3)9-7-5-6-8-10(9)12-4/h9-10H,5-8H2,1-4H3. The van der Waals surface area contributed by atoms with Crippen LogP contribution in [0.4, 0.5) is 0 Å². The van der Waals surface area contributed by atoms with E-state index in [-0.39, 0.29) is 0 Å². The van der Waals surface area contributed by atoms with Crippen molar-refractivity contribution in [1.82, 2.24) is 0 Å². The summed E-state index contributed by atoms with van der Waals surface area (Å²) in [4.78, 5) is 0. The van der Waals surface area contributed by atoms with Crippen molar-refractivity contribution in [2.45, 2.75) is 52.6 Å². The van der Waals surface area contributed by atoms with Crippen LogP contribution in [0.15, 0.2) is 0 Å². The van der Waals surface area contributed by atoms with Gasteiger partial charge in [-0.15, -0.1) is 0 Å². The zero-order valence-electron chi connectivity index (χ0n) is 8.89. The summed E-state index contributed by atoms with van der Waals surface area (Å²) in [5, 5.41) is 0. The smallest absolute Gasteiger partial charge is 0.0604 e. The van der Waals surface area contributed by atoms with Crippen LogP contribution in [0.2, 0.25) is 0 Å². The molecule has 1 heteroatoms. The minimum absolute atomic E-state index is 0.418. The molecular formula is C11H22O. The van der Waals surface area contributed by atoms with Crippen LogP contribution in [-0.2, 0) is 4.74 Å². The van der Waals surface area contributed by atoms with Crippen LogP contribution in [0, 0.1) is 11.3 Å². The molecule has 0 heterocycles. The molecular weight excluding hydrogens is 148 g/mol. The monoisotopic (exact) mass is 170 g/mol. The third-order valence-corrected chi connectivity index (χ3v) is 3.12. The van der Waals surface area contributed by atoms with E-state index in [1.165, 1.54) is 25.7 Å². The first-order valence-corrected chi connectivity index (χ1v) is 5.08. The Morgan fingerprint density at radius 1 is 1.08 bits per heavy atom. The average Bonchev–Trinajstić information content (AvgIpc) is 2.03. The van der Waals surface area contributed by atoms with Crippen LogP contribution in [0.25, 0.3) is 0 Å². The number of rotatable bonds is 1. The fourth-order valence-electron chi connectivity index (χ4n) is 2.37. The maximum atomic E-state index is 5.53. The Hall–Kier alpha value is -0.0400. The molecule has 1 saturated carbocycles. The van der Waals surface area contributed by atoms with E-state index in [9.17, 15) is 0 Å². The van der Waals surface area contributed by atoms with Crippen molar-refractivity contribution in [2.24, 2.45) is 11.3 Å². The minimum atomic E-state index is 0.418. The van der Waals surface area contributed by atoms with Gasteiger partial charge in [0.1, 0.15) is 0 Å². The van der Waals surface area contributed by atoms with E-state index in [4.69, 9.17) is 4.74 Å². The first-order valence-electron chi connectivity index (χ1n) is 5.08. The van der Waals surface area contributed by atoms with Crippen LogP contribution >= 0.6 is 0 Å². The Balaban J connectivity index is 2.59. The molecule has 1 aliphatic rings. The van der Waals surface area contributed by atoms with Crippen molar-refractivity contribution in [3.63, 3.8) is 0 Å². The van der Waals surface area contributed by atoms with Crippen molar-refractivity contribution in [2.75, 3.05) is 7.11 Å². The van der Waals surface area contributed by atoms with Gasteiger partial charge in [0.2, 0.25) is 0 Å². The third-order valence-electron chi connectivity index (χ3n) is 3.12. The molecule has 0 spiro atoms. The Kier molecular flexibility index (Phi) is 3.16. The van der Waals surface area contributed by atoms with Crippen LogP contribution in [-0.4, -0.2) is 13.2 Å². The molecule has 0 radical (unpaired) electrons. The molecule has 0 aliphatic heterocycles. The van der Waals surface area contributed by atoms with Crippen molar-refractivity contribution >= 4 is 0 Å². The van der Waals surface area contributed by atoms with Gasteiger partial charge in [-0.05, 0) is 24.2 Å². The summed E-state index contributed by atoms with van der Waals surface area (Å²) < 4.78 is 5.53. The van der Waals surface area contributed by atoms with Crippen molar-refractivity contribution in [3.8, 4) is 0 Å². The highest BCUT2D eigenvalue weighted by Crippen LogP contribution is 2.38. The molecule has 2 atom stereocenters. The van der Waals surface area contributed by atoms with E-state index in [1.807, 2.05) is 7.11 Å². The van der Waals surface area contributed by atoms with Gasteiger partial charge in [-0.3, -0.25) is 0 Å². The van der Waals surface area contributed by atoms with E-state index >= 15 is 0 Å². The summed E-state index contributed by atoms with van der Waals surface area (Å²) in [6.45, 7) is 6.99. The topological polar surface area (TPSA) is 9.23 Å². The molecule has 72 valence electrons. The van der Waals surface area contributed by atoms with Crippen LogP contribution in [0.3, 0.4) is 0 Å². The van der Waals surface area contributed by atoms with Crippen molar-refractivity contribution < 1.29 is 4.74 Å². The first-order chi connectivity index (χ1) is 5.55. The quantitative estimate of drug-likeness (QED) is 0.587. The Morgan fingerprint density at radius 3 is 2.08 bits per heavy atom. The van der Waals surface area contributed by atoms with Crippen LogP contribution in [0.5, 0.6) is 0 Å². The number of hydrogen-bond donors (Lipinski definition) is 0. The second kappa shape index (κ2) is 3.78. The summed E-state index contributed by atoms with van der Waals surface area (Å²) >= 11 is 0. The molecule has 0 aromatic heterocycles. The van der Waals surface area contributed by atoms with Gasteiger partial charge < -0.3 is 4.74 Å². The molecule has 1 rings (SSSR count). The van der Waals surface area contributed by atoms with Gasteiger partial charge in [0.15, 0.2) is 0 Å². The normalized spacial score (nSPS) is 32.0. The highest BCUT2D eigenvalue weighted by Gasteiger charge is 2.33. The molecule has 1 nitrogen and oxygen atoms in total. The Bertz CT molecular complexity index is 134. The molecule has 0 bridgehead atoms. The Morgan fingerprint density at radius 2 is 1.67 bits per heavy atom. The summed E-state index contributed by atoms with van der Waals surface area (Å²) in [6, 6.07) is 0. The zero-order chi connectivity index (χ0) is 9.19. The van der Waals surface area contributed by atoms with Crippen molar-refractivity contribution in [1.29, 1.82) is 0 Å². The predicted molar refractivity (Wildman–Crippen MR) is 52.2 cm³/mol. The Labute approximate surface area is 76.5 Å². The molecule has 1 aliphatic carbocycles. The van der Waals surface area contributed by atoms with Crippen LogP contribution < -0.4 is 0 Å². The molecule has 12 heavy (non-hydrogen) atoms. The highest BCUT2D eigenvalue weighted by atomic mass is 16.5. The molecule has 0 aromatic carbocycles. The summed E-state index contributed by atoms with van der Waals surface area (Å²) in [5.74, 6) is 0.760. The molecule has 0 N–H and O–H groups in total. The lowest BCUT2D eigenvalue weighted by molar-refractivity contribution is -0.0217. The predicted octanol–water partition coefficient (Wildman–Crippen LogP) is 3.24. The summed E-state index contributed by atoms with van der Waals surface area (Å²) in [6.07, 6.45) is 5.87. The van der Waals surface area contributed by atoms with E-state index in [1.54, 1.807) is 0 Å². The van der Waals surface area contributed by atoms with Gasteiger partial charge in [-0.1, -0.05) is 33.6 Å². The average molecular weight is 170 g/mol. The molecule has 0 saturated heterocycles.